The van der Waals surface area contributed by atoms with Gasteiger partial charge in [-0.25, -0.2) is 15.0 Å². The highest BCUT2D eigenvalue weighted by Gasteiger charge is 2.10. The summed E-state index contributed by atoms with van der Waals surface area (Å²) in [6, 6.07) is 0.458. The maximum Gasteiger partial charge on any atom is 0.225 e. The zero-order chi connectivity index (χ0) is 15.4. The number of rotatable bonds is 6. The largest absolute Gasteiger partial charge is 0.338 e. The van der Waals surface area contributed by atoms with Crippen LogP contribution in [0.15, 0.2) is 11.6 Å². The summed E-state index contributed by atoms with van der Waals surface area (Å²) in [7, 11) is 2.00. The first-order valence-electron chi connectivity index (χ1n) is 7.13. The van der Waals surface area contributed by atoms with Gasteiger partial charge in [-0.15, -0.1) is 11.3 Å². The summed E-state index contributed by atoms with van der Waals surface area (Å²) >= 11 is 1.67. The smallest absolute Gasteiger partial charge is 0.225 e. The fraction of sp³-hybridized carbons (Fsp3) is 0.533. The van der Waals surface area contributed by atoms with E-state index < -0.39 is 0 Å². The van der Waals surface area contributed by atoms with E-state index in [1.165, 1.54) is 0 Å². The lowest BCUT2D eigenvalue weighted by atomic mass is 10.2. The molecule has 0 unspecified atom stereocenters. The molecule has 114 valence electrons. The van der Waals surface area contributed by atoms with Crippen molar-refractivity contribution >= 4 is 17.3 Å². The fourth-order valence-electron chi connectivity index (χ4n) is 1.95. The van der Waals surface area contributed by atoms with Gasteiger partial charge in [-0.2, -0.15) is 0 Å². The standard InChI is InChI=1S/C15H23N5S/c1-10(2)16-6-13-7-17-15(18-11(13)3)20(5)8-14-9-21-12(4)19-14/h7,9-10,16H,6,8H2,1-5H3. The van der Waals surface area contributed by atoms with Crippen molar-refractivity contribution in [3.8, 4) is 0 Å². The van der Waals surface area contributed by atoms with Crippen LogP contribution in [0.1, 0.15) is 35.8 Å². The van der Waals surface area contributed by atoms with E-state index in [0.717, 1.165) is 41.0 Å². The first-order valence-corrected chi connectivity index (χ1v) is 8.01. The van der Waals surface area contributed by atoms with Crippen LogP contribution in [0.4, 0.5) is 5.95 Å². The SMILES string of the molecule is Cc1nc(CN(C)c2ncc(CNC(C)C)c(C)n2)cs1. The number of nitrogens with zero attached hydrogens (tertiary/aromatic N) is 4. The molecule has 5 nitrogen and oxygen atoms in total. The van der Waals surface area contributed by atoms with E-state index in [4.69, 9.17) is 0 Å². The number of aryl methyl sites for hydroxylation is 2. The third-order valence-electron chi connectivity index (χ3n) is 3.18. The molecule has 6 heteroatoms. The van der Waals surface area contributed by atoms with Crippen LogP contribution in [0.5, 0.6) is 0 Å². The maximum absolute atomic E-state index is 4.60. The molecule has 1 N–H and O–H groups in total. The second kappa shape index (κ2) is 6.95. The molecule has 0 spiro atoms. The van der Waals surface area contributed by atoms with Gasteiger partial charge in [0.2, 0.25) is 5.95 Å². The van der Waals surface area contributed by atoms with Crippen LogP contribution in [-0.2, 0) is 13.1 Å². The lowest BCUT2D eigenvalue weighted by Gasteiger charge is -2.17. The molecular formula is C15H23N5S. The molecule has 21 heavy (non-hydrogen) atoms. The van der Waals surface area contributed by atoms with Crippen molar-refractivity contribution in [3.05, 3.63) is 33.5 Å². The Morgan fingerprint density at radius 2 is 2.05 bits per heavy atom. The normalized spacial score (nSPS) is 11.1. The Morgan fingerprint density at radius 1 is 1.29 bits per heavy atom. The molecule has 0 aromatic carbocycles. The Morgan fingerprint density at radius 3 is 2.62 bits per heavy atom. The van der Waals surface area contributed by atoms with Gasteiger partial charge >= 0.3 is 0 Å². The Hall–Kier alpha value is -1.53. The van der Waals surface area contributed by atoms with Gasteiger partial charge in [-0.05, 0) is 13.8 Å². The summed E-state index contributed by atoms with van der Waals surface area (Å²) in [4.78, 5) is 15.6. The van der Waals surface area contributed by atoms with E-state index in [9.17, 15) is 0 Å². The molecule has 0 bridgehead atoms. The van der Waals surface area contributed by atoms with Gasteiger partial charge in [0.05, 0.1) is 17.2 Å². The van der Waals surface area contributed by atoms with Crippen LogP contribution in [-0.4, -0.2) is 28.0 Å². The molecule has 0 aliphatic heterocycles. The van der Waals surface area contributed by atoms with Crippen LogP contribution in [0, 0.1) is 13.8 Å². The molecule has 2 heterocycles. The van der Waals surface area contributed by atoms with Gasteiger partial charge < -0.3 is 10.2 Å². The zero-order valence-electron chi connectivity index (χ0n) is 13.3. The van der Waals surface area contributed by atoms with Crippen molar-refractivity contribution < 1.29 is 0 Å². The van der Waals surface area contributed by atoms with Crippen LogP contribution in [0.25, 0.3) is 0 Å². The number of hydrogen-bond acceptors (Lipinski definition) is 6. The first kappa shape index (κ1) is 15.9. The second-order valence-corrected chi connectivity index (χ2v) is 6.59. The summed E-state index contributed by atoms with van der Waals surface area (Å²) in [5.74, 6) is 0.742. The molecule has 2 rings (SSSR count). The van der Waals surface area contributed by atoms with Crippen molar-refractivity contribution in [2.24, 2.45) is 0 Å². The highest BCUT2D eigenvalue weighted by Crippen LogP contribution is 2.14. The molecule has 0 aliphatic carbocycles. The molecule has 0 amide bonds. The van der Waals surface area contributed by atoms with E-state index in [1.54, 1.807) is 11.3 Å². The molecule has 0 fully saturated rings. The minimum atomic E-state index is 0.458. The minimum Gasteiger partial charge on any atom is -0.338 e. The Kier molecular flexibility index (Phi) is 5.25. The van der Waals surface area contributed by atoms with Crippen molar-refractivity contribution in [3.63, 3.8) is 0 Å². The third kappa shape index (κ3) is 4.47. The molecule has 0 saturated carbocycles. The average Bonchev–Trinajstić information content (AvgIpc) is 2.82. The lowest BCUT2D eigenvalue weighted by Crippen LogP contribution is -2.24. The van der Waals surface area contributed by atoms with Gasteiger partial charge in [-0.3, -0.25) is 0 Å². The van der Waals surface area contributed by atoms with Crippen LogP contribution in [0.3, 0.4) is 0 Å². The lowest BCUT2D eigenvalue weighted by molar-refractivity contribution is 0.584. The van der Waals surface area contributed by atoms with Crippen LogP contribution < -0.4 is 10.2 Å². The molecule has 2 aromatic rings. The summed E-state index contributed by atoms with van der Waals surface area (Å²) in [5, 5.41) is 6.56. The van der Waals surface area contributed by atoms with Crippen LogP contribution in [0.2, 0.25) is 0 Å². The van der Waals surface area contributed by atoms with Gasteiger partial charge in [-0.1, -0.05) is 13.8 Å². The Balaban J connectivity index is 2.04. The predicted molar refractivity (Wildman–Crippen MR) is 87.7 cm³/mol. The molecule has 0 saturated heterocycles. The monoisotopic (exact) mass is 305 g/mol. The zero-order valence-corrected chi connectivity index (χ0v) is 14.2. The molecule has 0 atom stereocenters. The number of nitrogens with one attached hydrogen (secondary N) is 1. The summed E-state index contributed by atoms with van der Waals surface area (Å²) < 4.78 is 0. The Bertz CT molecular complexity index is 593. The molecular weight excluding hydrogens is 282 g/mol. The highest BCUT2D eigenvalue weighted by molar-refractivity contribution is 7.09. The van der Waals surface area contributed by atoms with E-state index >= 15 is 0 Å². The fourth-order valence-corrected chi connectivity index (χ4v) is 2.55. The minimum absolute atomic E-state index is 0.458. The average molecular weight is 305 g/mol. The second-order valence-electron chi connectivity index (χ2n) is 5.53. The van der Waals surface area contributed by atoms with Gasteiger partial charge in [0.25, 0.3) is 0 Å². The number of aromatic nitrogens is 3. The first-order chi connectivity index (χ1) is 9.95. The van der Waals surface area contributed by atoms with E-state index in [-0.39, 0.29) is 0 Å². The number of anilines is 1. The summed E-state index contributed by atoms with van der Waals surface area (Å²) in [6.45, 7) is 9.85. The number of thiazole rings is 1. The quantitative estimate of drug-likeness (QED) is 0.889. The predicted octanol–water partition coefficient (Wildman–Crippen LogP) is 2.68. The third-order valence-corrected chi connectivity index (χ3v) is 4.00. The van der Waals surface area contributed by atoms with E-state index in [2.05, 4.69) is 39.5 Å². The molecule has 0 aliphatic rings. The van der Waals surface area contributed by atoms with Crippen molar-refractivity contribution in [1.29, 1.82) is 0 Å². The Labute approximate surface area is 130 Å². The van der Waals surface area contributed by atoms with Gasteiger partial charge in [0.1, 0.15) is 0 Å². The van der Waals surface area contributed by atoms with Gasteiger partial charge in [0.15, 0.2) is 0 Å². The van der Waals surface area contributed by atoms with Gasteiger partial charge in [0, 0.05) is 42.5 Å². The summed E-state index contributed by atoms with van der Waals surface area (Å²) in [6.07, 6.45) is 1.91. The van der Waals surface area contributed by atoms with Crippen molar-refractivity contribution in [1.82, 2.24) is 20.3 Å². The highest BCUT2D eigenvalue weighted by atomic mass is 32.1. The van der Waals surface area contributed by atoms with E-state index in [0.29, 0.717) is 6.04 Å². The van der Waals surface area contributed by atoms with Crippen LogP contribution >= 0.6 is 11.3 Å². The number of hydrogen-bond donors (Lipinski definition) is 1. The van der Waals surface area contributed by atoms with Crippen molar-refractivity contribution in [2.75, 3.05) is 11.9 Å². The molecule has 2 aromatic heterocycles. The van der Waals surface area contributed by atoms with Crippen molar-refractivity contribution in [2.45, 2.75) is 46.8 Å². The topological polar surface area (TPSA) is 53.9 Å². The summed E-state index contributed by atoms with van der Waals surface area (Å²) in [5.41, 5.74) is 3.23. The molecule has 0 radical (unpaired) electrons. The van der Waals surface area contributed by atoms with E-state index in [1.807, 2.05) is 32.0 Å². The maximum atomic E-state index is 4.60.